The molecule has 0 spiro atoms. The third-order valence-electron chi connectivity index (χ3n) is 3.74. The van der Waals surface area contributed by atoms with Crippen molar-refractivity contribution in [1.29, 1.82) is 0 Å². The number of nitrogens with zero attached hydrogens (tertiary/aromatic N) is 1. The van der Waals surface area contributed by atoms with Gasteiger partial charge in [-0.2, -0.15) is 13.2 Å². The molecule has 0 aromatic carbocycles. The molecule has 0 aliphatic heterocycles. The van der Waals surface area contributed by atoms with Gasteiger partial charge in [0.25, 0.3) is 5.91 Å². The first-order valence-electron chi connectivity index (χ1n) is 6.76. The smallest absolute Gasteiger partial charge is 0.365 e. The van der Waals surface area contributed by atoms with Crippen molar-refractivity contribution in [3.05, 3.63) is 23.4 Å². The zero-order valence-corrected chi connectivity index (χ0v) is 12.1. The second-order valence-corrected chi connectivity index (χ2v) is 5.35. The van der Waals surface area contributed by atoms with E-state index in [4.69, 9.17) is 5.73 Å². The number of rotatable bonds is 6. The maximum atomic E-state index is 12.9. The monoisotopic (exact) mass is 343 g/mol. The number of anilines is 1. The average molecular weight is 343 g/mol. The van der Waals surface area contributed by atoms with Crippen LogP contribution in [0.2, 0.25) is 0 Å². The van der Waals surface area contributed by atoms with Crippen molar-refractivity contribution < 1.29 is 32.3 Å². The highest BCUT2D eigenvalue weighted by Crippen LogP contribution is 2.58. The quantitative estimate of drug-likeness (QED) is 0.584. The molecule has 1 aliphatic carbocycles. The highest BCUT2D eigenvalue weighted by atomic mass is 19.4. The molecule has 1 aromatic rings. The lowest BCUT2D eigenvalue weighted by Crippen LogP contribution is -2.37. The predicted molar refractivity (Wildman–Crippen MR) is 73.9 cm³/mol. The number of hydrogen-bond donors (Lipinski definition) is 2. The second kappa shape index (κ2) is 6.02. The Balaban J connectivity index is 2.35. The first-order chi connectivity index (χ1) is 11.1. The molecule has 0 unspecified atom stereocenters. The van der Waals surface area contributed by atoms with E-state index < -0.39 is 47.0 Å². The molecule has 1 fully saturated rings. The SMILES string of the molecule is NC(=O)c1c(CC(=O)C=O)ccnc1NC(=O)C1(C(F)(F)F)CC1. The third-order valence-corrected chi connectivity index (χ3v) is 3.74. The van der Waals surface area contributed by atoms with Crippen molar-refractivity contribution in [2.45, 2.75) is 25.4 Å². The van der Waals surface area contributed by atoms with Crippen molar-refractivity contribution in [2.75, 3.05) is 5.32 Å². The van der Waals surface area contributed by atoms with Gasteiger partial charge in [0.15, 0.2) is 12.1 Å². The number of pyridine rings is 1. The molecule has 3 N–H and O–H groups in total. The molecule has 0 saturated heterocycles. The average Bonchev–Trinajstić information content (AvgIpc) is 3.28. The first kappa shape index (κ1) is 17.6. The highest BCUT2D eigenvalue weighted by Gasteiger charge is 2.68. The lowest BCUT2D eigenvalue weighted by atomic mass is 10.0. The third kappa shape index (κ3) is 3.12. The molecule has 1 heterocycles. The van der Waals surface area contributed by atoms with Crippen LogP contribution < -0.4 is 11.1 Å². The summed E-state index contributed by atoms with van der Waals surface area (Å²) >= 11 is 0. The molecule has 24 heavy (non-hydrogen) atoms. The molecule has 2 rings (SSSR count). The Morgan fingerprint density at radius 1 is 1.33 bits per heavy atom. The molecule has 1 aliphatic rings. The fraction of sp³-hybridized carbons (Fsp3) is 0.357. The number of carbonyl (C=O) groups is 4. The number of ketones is 1. The summed E-state index contributed by atoms with van der Waals surface area (Å²) in [4.78, 5) is 48.8. The number of aldehydes is 1. The minimum Gasteiger partial charge on any atom is -0.365 e. The molecule has 1 aromatic heterocycles. The topological polar surface area (TPSA) is 119 Å². The van der Waals surface area contributed by atoms with E-state index in [1.807, 2.05) is 5.32 Å². The van der Waals surface area contributed by atoms with Crippen LogP contribution in [0.5, 0.6) is 0 Å². The van der Waals surface area contributed by atoms with E-state index in [0.717, 1.165) is 6.20 Å². The van der Waals surface area contributed by atoms with Gasteiger partial charge in [-0.1, -0.05) is 0 Å². The van der Waals surface area contributed by atoms with E-state index in [2.05, 4.69) is 4.98 Å². The summed E-state index contributed by atoms with van der Waals surface area (Å²) in [5, 5.41) is 1.96. The number of hydrogen-bond acceptors (Lipinski definition) is 5. The standard InChI is InChI=1S/C14H12F3N3O4/c15-14(16,17)13(2-3-13)12(24)20-11-9(10(18)23)7(1-4-19-11)5-8(22)6-21/h1,4,6H,2-3,5H2,(H2,18,23)(H,19,20,24). The van der Waals surface area contributed by atoms with Crippen LogP contribution in [0.4, 0.5) is 19.0 Å². The van der Waals surface area contributed by atoms with Crippen LogP contribution >= 0.6 is 0 Å². The Hall–Kier alpha value is -2.78. The largest absolute Gasteiger partial charge is 0.403 e. The summed E-state index contributed by atoms with van der Waals surface area (Å²) in [5.74, 6) is -3.78. The lowest BCUT2D eigenvalue weighted by Gasteiger charge is -2.19. The number of amides is 2. The van der Waals surface area contributed by atoms with Crippen LogP contribution in [0, 0.1) is 5.41 Å². The van der Waals surface area contributed by atoms with Crippen LogP contribution in [0.15, 0.2) is 12.3 Å². The van der Waals surface area contributed by atoms with E-state index in [9.17, 15) is 32.3 Å². The Morgan fingerprint density at radius 3 is 2.42 bits per heavy atom. The first-order valence-corrected chi connectivity index (χ1v) is 6.76. The van der Waals surface area contributed by atoms with Gasteiger partial charge in [0.05, 0.1) is 5.56 Å². The summed E-state index contributed by atoms with van der Waals surface area (Å²) in [6.45, 7) is 0. The molecule has 1 saturated carbocycles. The number of aromatic nitrogens is 1. The van der Waals surface area contributed by atoms with Crippen LogP contribution in [-0.2, 0) is 20.8 Å². The number of alkyl halides is 3. The number of primary amides is 1. The van der Waals surface area contributed by atoms with E-state index in [0.29, 0.717) is 0 Å². The lowest BCUT2D eigenvalue weighted by molar-refractivity contribution is -0.189. The Labute approximate surface area is 133 Å². The van der Waals surface area contributed by atoms with E-state index >= 15 is 0 Å². The van der Waals surface area contributed by atoms with Gasteiger partial charge in [0, 0.05) is 12.6 Å². The van der Waals surface area contributed by atoms with Gasteiger partial charge in [-0.15, -0.1) is 0 Å². The Bertz CT molecular complexity index is 726. The van der Waals surface area contributed by atoms with Gasteiger partial charge >= 0.3 is 6.18 Å². The maximum absolute atomic E-state index is 12.9. The highest BCUT2D eigenvalue weighted by molar-refractivity contribution is 6.26. The number of nitrogens with one attached hydrogen (secondary N) is 1. The van der Waals surface area contributed by atoms with E-state index in [1.165, 1.54) is 6.07 Å². The van der Waals surface area contributed by atoms with Gasteiger partial charge in [-0.3, -0.25) is 19.2 Å². The van der Waals surface area contributed by atoms with Crippen molar-refractivity contribution in [3.63, 3.8) is 0 Å². The van der Waals surface area contributed by atoms with Crippen LogP contribution in [-0.4, -0.2) is 35.0 Å². The molecule has 10 heteroatoms. The van der Waals surface area contributed by atoms with Crippen LogP contribution in [0.3, 0.4) is 0 Å². The van der Waals surface area contributed by atoms with Crippen molar-refractivity contribution in [3.8, 4) is 0 Å². The molecule has 0 radical (unpaired) electrons. The molecular weight excluding hydrogens is 331 g/mol. The molecule has 7 nitrogen and oxygen atoms in total. The van der Waals surface area contributed by atoms with Gasteiger partial charge in [0.2, 0.25) is 5.91 Å². The fourth-order valence-electron chi connectivity index (χ4n) is 2.24. The van der Waals surface area contributed by atoms with Crippen molar-refractivity contribution in [1.82, 2.24) is 4.98 Å². The van der Waals surface area contributed by atoms with E-state index in [-0.39, 0.29) is 24.7 Å². The van der Waals surface area contributed by atoms with Gasteiger partial charge < -0.3 is 11.1 Å². The predicted octanol–water partition coefficient (Wildman–Crippen LogP) is 0.772. The minimum atomic E-state index is -4.73. The van der Waals surface area contributed by atoms with Crippen molar-refractivity contribution in [2.24, 2.45) is 11.1 Å². The molecular formula is C14H12F3N3O4. The Morgan fingerprint density at radius 2 is 1.96 bits per heavy atom. The number of nitrogens with two attached hydrogens (primary N) is 1. The summed E-state index contributed by atoms with van der Waals surface area (Å²) < 4.78 is 38.8. The second-order valence-electron chi connectivity index (χ2n) is 5.35. The summed E-state index contributed by atoms with van der Waals surface area (Å²) in [6.07, 6.45) is -4.82. The normalized spacial score (nSPS) is 15.5. The zero-order valence-electron chi connectivity index (χ0n) is 12.1. The van der Waals surface area contributed by atoms with Crippen LogP contribution in [0.25, 0.3) is 0 Å². The number of carbonyl (C=O) groups excluding carboxylic acids is 4. The minimum absolute atomic E-state index is 0.0123. The van der Waals surface area contributed by atoms with E-state index in [1.54, 1.807) is 0 Å². The summed E-state index contributed by atoms with van der Waals surface area (Å²) in [7, 11) is 0. The molecule has 2 amide bonds. The van der Waals surface area contributed by atoms with Gasteiger partial charge in [-0.25, -0.2) is 4.98 Å². The molecule has 0 bridgehead atoms. The Kier molecular flexibility index (Phi) is 4.41. The van der Waals surface area contributed by atoms with Gasteiger partial charge in [0.1, 0.15) is 11.2 Å². The molecule has 0 atom stereocenters. The summed E-state index contributed by atoms with van der Waals surface area (Å²) in [5.41, 5.74) is 2.25. The number of halogens is 3. The van der Waals surface area contributed by atoms with Crippen molar-refractivity contribution >= 4 is 29.7 Å². The molecule has 128 valence electrons. The summed E-state index contributed by atoms with van der Waals surface area (Å²) in [6, 6.07) is 1.22. The number of Topliss-reactive ketones (excluding diaryl/α,β-unsaturated/α-hetero) is 1. The maximum Gasteiger partial charge on any atom is 0.403 e. The van der Waals surface area contributed by atoms with Crippen LogP contribution in [0.1, 0.15) is 28.8 Å². The van der Waals surface area contributed by atoms with Gasteiger partial charge in [-0.05, 0) is 24.5 Å². The fourth-order valence-corrected chi connectivity index (χ4v) is 2.24. The zero-order chi connectivity index (χ0) is 18.1.